The fourth-order valence-corrected chi connectivity index (χ4v) is 4.11. The topological polar surface area (TPSA) is 208 Å². The Morgan fingerprint density at radius 2 is 1.94 bits per heavy atom. The molecule has 1 saturated heterocycles. The number of imidazole rings is 1. The molecule has 1 aromatic rings. The Bertz CT molecular complexity index is 881. The summed E-state index contributed by atoms with van der Waals surface area (Å²) in [6.45, 7) is 0.252. The highest BCUT2D eigenvalue weighted by Crippen LogP contribution is 2.19. The predicted octanol–water partition coefficient (Wildman–Crippen LogP) is -1.45. The standard InChI is InChI=1S/C20H30N6O7S/c1-34-6-4-13(24-17(29)12(21)8-16(27)28)18(30)25-14(7-11-9-22-10-23-11)19(31)26-5-2-3-15(26)20(32)33/h9-10,12-15H,2-8,21H2,1H3,(H,22,23)(H,24,29)(H,25,30)(H,27,28)(H,32,33). The molecule has 4 atom stereocenters. The third-order valence-electron chi connectivity index (χ3n) is 5.39. The van der Waals surface area contributed by atoms with Crippen LogP contribution in [-0.4, -0.2) is 97.5 Å². The van der Waals surface area contributed by atoms with Crippen LogP contribution in [0.5, 0.6) is 0 Å². The first kappa shape index (κ1) is 27.1. The van der Waals surface area contributed by atoms with Gasteiger partial charge < -0.3 is 36.5 Å². The second kappa shape index (κ2) is 12.9. The summed E-state index contributed by atoms with van der Waals surface area (Å²) in [5, 5.41) is 23.4. The predicted molar refractivity (Wildman–Crippen MR) is 122 cm³/mol. The number of amides is 3. The smallest absolute Gasteiger partial charge is 0.326 e. The second-order valence-electron chi connectivity index (χ2n) is 7.92. The molecule has 0 spiro atoms. The number of hydrogen-bond donors (Lipinski definition) is 6. The molecule has 14 heteroatoms. The number of nitrogens with one attached hydrogen (secondary N) is 3. The van der Waals surface area contributed by atoms with E-state index in [2.05, 4.69) is 20.6 Å². The van der Waals surface area contributed by atoms with Gasteiger partial charge in [0, 0.05) is 24.9 Å². The number of aliphatic carboxylic acids is 2. The molecule has 1 fully saturated rings. The summed E-state index contributed by atoms with van der Waals surface area (Å²) in [4.78, 5) is 69.1. The fraction of sp³-hybridized carbons (Fsp3) is 0.600. The third-order valence-corrected chi connectivity index (χ3v) is 6.03. The van der Waals surface area contributed by atoms with Crippen molar-refractivity contribution in [3.8, 4) is 0 Å². The molecule has 1 aromatic heterocycles. The van der Waals surface area contributed by atoms with Crippen molar-refractivity contribution >= 4 is 41.4 Å². The van der Waals surface area contributed by atoms with Gasteiger partial charge in [-0.25, -0.2) is 9.78 Å². The minimum Gasteiger partial charge on any atom is -0.481 e. The number of H-pyrrole nitrogens is 1. The van der Waals surface area contributed by atoms with Crippen molar-refractivity contribution < 1.29 is 34.2 Å². The summed E-state index contributed by atoms with van der Waals surface area (Å²) in [5.74, 6) is -3.88. The number of nitrogens with two attached hydrogens (primary N) is 1. The Hall–Kier alpha value is -3.13. The first-order valence-corrected chi connectivity index (χ1v) is 12.1. The molecule has 34 heavy (non-hydrogen) atoms. The van der Waals surface area contributed by atoms with Gasteiger partial charge in [-0.2, -0.15) is 11.8 Å². The molecule has 4 unspecified atom stereocenters. The van der Waals surface area contributed by atoms with Crippen molar-refractivity contribution in [2.45, 2.75) is 56.3 Å². The van der Waals surface area contributed by atoms with Gasteiger partial charge in [-0.1, -0.05) is 0 Å². The number of hydrogen-bond acceptors (Lipinski definition) is 8. The van der Waals surface area contributed by atoms with Crippen molar-refractivity contribution in [3.05, 3.63) is 18.2 Å². The van der Waals surface area contributed by atoms with Crippen LogP contribution in [0.2, 0.25) is 0 Å². The molecule has 7 N–H and O–H groups in total. The zero-order valence-corrected chi connectivity index (χ0v) is 19.5. The second-order valence-corrected chi connectivity index (χ2v) is 8.90. The van der Waals surface area contributed by atoms with Crippen LogP contribution < -0.4 is 16.4 Å². The van der Waals surface area contributed by atoms with Gasteiger partial charge in [0.05, 0.1) is 18.8 Å². The van der Waals surface area contributed by atoms with Gasteiger partial charge in [-0.15, -0.1) is 0 Å². The molecule has 2 heterocycles. The molecule has 1 aliphatic heterocycles. The number of carbonyl (C=O) groups excluding carboxylic acids is 3. The molecular weight excluding hydrogens is 468 g/mol. The number of aromatic amines is 1. The summed E-state index contributed by atoms with van der Waals surface area (Å²) in [7, 11) is 0. The Labute approximate surface area is 200 Å². The van der Waals surface area contributed by atoms with Crippen molar-refractivity contribution in [3.63, 3.8) is 0 Å². The lowest BCUT2D eigenvalue weighted by atomic mass is 10.1. The summed E-state index contributed by atoms with van der Waals surface area (Å²) < 4.78 is 0. The van der Waals surface area contributed by atoms with Crippen LogP contribution in [0.1, 0.15) is 31.4 Å². The van der Waals surface area contributed by atoms with Gasteiger partial charge in [0.15, 0.2) is 0 Å². The number of carboxylic acid groups (broad SMARTS) is 2. The van der Waals surface area contributed by atoms with Gasteiger partial charge in [0.25, 0.3) is 0 Å². The summed E-state index contributed by atoms with van der Waals surface area (Å²) in [6, 6.07) is -4.49. The van der Waals surface area contributed by atoms with Crippen molar-refractivity contribution in [1.82, 2.24) is 25.5 Å². The van der Waals surface area contributed by atoms with E-state index in [9.17, 15) is 29.1 Å². The molecule has 2 rings (SSSR count). The molecule has 0 aliphatic carbocycles. The number of nitrogens with zero attached hydrogens (tertiary/aromatic N) is 2. The minimum atomic E-state index is -1.34. The molecule has 188 valence electrons. The van der Waals surface area contributed by atoms with Crippen molar-refractivity contribution in [2.75, 3.05) is 18.6 Å². The van der Waals surface area contributed by atoms with E-state index in [4.69, 9.17) is 10.8 Å². The Kier molecular flexibility index (Phi) is 10.3. The Balaban J connectivity index is 2.19. The van der Waals surface area contributed by atoms with Crippen LogP contribution in [-0.2, 0) is 30.4 Å². The molecule has 13 nitrogen and oxygen atoms in total. The number of carboxylic acids is 2. The Morgan fingerprint density at radius 3 is 2.53 bits per heavy atom. The van der Waals surface area contributed by atoms with Crippen LogP contribution in [0.15, 0.2) is 12.5 Å². The average Bonchev–Trinajstić information content (AvgIpc) is 3.47. The van der Waals surface area contributed by atoms with E-state index < -0.39 is 60.2 Å². The highest BCUT2D eigenvalue weighted by Gasteiger charge is 2.38. The van der Waals surface area contributed by atoms with E-state index in [1.54, 1.807) is 0 Å². The lowest BCUT2D eigenvalue weighted by Crippen LogP contribution is -2.58. The quantitative estimate of drug-likeness (QED) is 0.186. The third kappa shape index (κ3) is 7.73. The maximum absolute atomic E-state index is 13.2. The van der Waals surface area contributed by atoms with Crippen LogP contribution >= 0.6 is 11.8 Å². The first-order valence-electron chi connectivity index (χ1n) is 10.7. The van der Waals surface area contributed by atoms with Gasteiger partial charge in [-0.3, -0.25) is 19.2 Å². The number of carbonyl (C=O) groups is 5. The number of likely N-dealkylation sites (tertiary alicyclic amines) is 1. The van der Waals surface area contributed by atoms with E-state index in [0.717, 1.165) is 0 Å². The number of aromatic nitrogens is 2. The van der Waals surface area contributed by atoms with Crippen molar-refractivity contribution in [1.29, 1.82) is 0 Å². The largest absolute Gasteiger partial charge is 0.481 e. The fourth-order valence-electron chi connectivity index (χ4n) is 3.64. The highest BCUT2D eigenvalue weighted by molar-refractivity contribution is 7.98. The maximum atomic E-state index is 13.2. The van der Waals surface area contributed by atoms with E-state index >= 15 is 0 Å². The van der Waals surface area contributed by atoms with Crippen LogP contribution in [0.25, 0.3) is 0 Å². The maximum Gasteiger partial charge on any atom is 0.326 e. The van der Waals surface area contributed by atoms with Crippen LogP contribution in [0, 0.1) is 0 Å². The van der Waals surface area contributed by atoms with Crippen LogP contribution in [0.3, 0.4) is 0 Å². The lowest BCUT2D eigenvalue weighted by Gasteiger charge is -2.28. The van der Waals surface area contributed by atoms with E-state index in [1.807, 2.05) is 6.26 Å². The molecule has 0 aromatic carbocycles. The monoisotopic (exact) mass is 498 g/mol. The van der Waals surface area contributed by atoms with E-state index in [1.165, 1.54) is 29.2 Å². The van der Waals surface area contributed by atoms with E-state index in [0.29, 0.717) is 24.3 Å². The Morgan fingerprint density at radius 1 is 1.24 bits per heavy atom. The van der Waals surface area contributed by atoms with Gasteiger partial charge in [0.1, 0.15) is 18.1 Å². The molecule has 1 aliphatic rings. The summed E-state index contributed by atoms with van der Waals surface area (Å²) in [5.41, 5.74) is 6.16. The number of thioether (sulfide) groups is 1. The zero-order chi connectivity index (χ0) is 25.3. The minimum absolute atomic E-state index is 0.0368. The van der Waals surface area contributed by atoms with Gasteiger partial charge >= 0.3 is 11.9 Å². The van der Waals surface area contributed by atoms with Crippen molar-refractivity contribution in [2.24, 2.45) is 5.73 Å². The molecule has 0 radical (unpaired) electrons. The summed E-state index contributed by atoms with van der Waals surface area (Å²) >= 11 is 1.44. The SMILES string of the molecule is CSCCC(NC(=O)C(N)CC(=O)O)C(=O)NC(Cc1cnc[nH]1)C(=O)N1CCCC1C(=O)O. The van der Waals surface area contributed by atoms with Gasteiger partial charge in [-0.05, 0) is 31.3 Å². The van der Waals surface area contributed by atoms with E-state index in [-0.39, 0.29) is 19.4 Å². The number of rotatable bonds is 13. The average molecular weight is 499 g/mol. The zero-order valence-electron chi connectivity index (χ0n) is 18.7. The lowest BCUT2D eigenvalue weighted by molar-refractivity contribution is -0.149. The molecule has 0 saturated carbocycles. The van der Waals surface area contributed by atoms with Gasteiger partial charge in [0.2, 0.25) is 17.7 Å². The normalized spacial score (nSPS) is 18.1. The molecule has 0 bridgehead atoms. The molecule has 3 amide bonds. The molecular formula is C20H30N6O7S. The van der Waals surface area contributed by atoms with Crippen LogP contribution in [0.4, 0.5) is 0 Å². The first-order chi connectivity index (χ1) is 16.1. The summed E-state index contributed by atoms with van der Waals surface area (Å²) in [6.07, 6.45) is 5.22. The highest BCUT2D eigenvalue weighted by atomic mass is 32.2.